The molecule has 4 heterocycles. The van der Waals surface area contributed by atoms with E-state index in [9.17, 15) is 0 Å². The molecule has 0 aliphatic heterocycles. The topological polar surface area (TPSA) is 69.4 Å². The first kappa shape index (κ1) is 23.2. The van der Waals surface area contributed by atoms with E-state index in [4.69, 9.17) is 15.0 Å². The number of hydrogen-bond donors (Lipinski definition) is 0. The van der Waals surface area contributed by atoms with Gasteiger partial charge in [0.15, 0.2) is 11.6 Å². The quantitative estimate of drug-likeness (QED) is 0.218. The van der Waals surface area contributed by atoms with Crippen LogP contribution in [0.3, 0.4) is 0 Å². The Morgan fingerprint density at radius 1 is 0.595 bits per heavy atom. The number of fused-ring (bicyclic) bond motifs is 9. The molecule has 196 valence electrons. The van der Waals surface area contributed by atoms with Gasteiger partial charge in [0.1, 0.15) is 6.33 Å². The Bertz CT molecular complexity index is 2410. The second-order valence-corrected chi connectivity index (χ2v) is 11.3. The molecule has 0 bridgehead atoms. The predicted octanol–water partition coefficient (Wildman–Crippen LogP) is 8.61. The van der Waals surface area contributed by atoms with Crippen molar-refractivity contribution >= 4 is 64.2 Å². The summed E-state index contributed by atoms with van der Waals surface area (Å²) in [6.07, 6.45) is 3.50. The van der Waals surface area contributed by atoms with E-state index in [1.807, 2.05) is 66.9 Å². The molecule has 0 amide bonds. The number of nitrogens with zero attached hydrogens (tertiary/aromatic N) is 6. The molecule has 0 fully saturated rings. The van der Waals surface area contributed by atoms with E-state index in [1.165, 1.54) is 9.40 Å². The minimum Gasteiger partial charge on any atom is -0.276 e. The second kappa shape index (κ2) is 8.99. The molecular formula is C35H20N6S. The van der Waals surface area contributed by atoms with Crippen molar-refractivity contribution in [3.8, 4) is 28.7 Å². The first-order valence-electron chi connectivity index (χ1n) is 13.7. The van der Waals surface area contributed by atoms with Crippen LogP contribution < -0.4 is 0 Å². The summed E-state index contributed by atoms with van der Waals surface area (Å²) in [6, 6.07) is 37.4. The maximum absolute atomic E-state index is 5.11. The van der Waals surface area contributed by atoms with Crippen LogP contribution in [-0.4, -0.2) is 29.5 Å². The molecule has 0 saturated carbocycles. The highest BCUT2D eigenvalue weighted by molar-refractivity contribution is 7.26. The van der Waals surface area contributed by atoms with Crippen molar-refractivity contribution in [2.45, 2.75) is 0 Å². The van der Waals surface area contributed by atoms with E-state index in [0.29, 0.717) is 17.6 Å². The van der Waals surface area contributed by atoms with Crippen LogP contribution in [0.4, 0.5) is 0 Å². The number of rotatable bonds is 3. The SMILES string of the molecule is c1ccc(-c2nc(-c3ccccc3)nc(-n3c4ccccc4c4ccc5c(sc6ccc7cncnc7c65)c43)n2)cc1. The van der Waals surface area contributed by atoms with E-state index in [-0.39, 0.29) is 0 Å². The molecule has 0 radical (unpaired) electrons. The Balaban J connectivity index is 1.44. The van der Waals surface area contributed by atoms with Gasteiger partial charge in [-0.15, -0.1) is 11.3 Å². The lowest BCUT2D eigenvalue weighted by molar-refractivity contribution is 0.955. The van der Waals surface area contributed by atoms with Crippen LogP contribution in [-0.2, 0) is 0 Å². The van der Waals surface area contributed by atoms with E-state index in [2.05, 4.69) is 63.1 Å². The molecule has 0 spiro atoms. The Kier molecular flexibility index (Phi) is 4.97. The summed E-state index contributed by atoms with van der Waals surface area (Å²) in [5, 5.41) is 5.66. The molecule has 42 heavy (non-hydrogen) atoms. The van der Waals surface area contributed by atoms with E-state index < -0.39 is 0 Å². The average Bonchev–Trinajstić information content (AvgIpc) is 3.62. The van der Waals surface area contributed by atoms with Gasteiger partial charge in [-0.2, -0.15) is 9.97 Å². The van der Waals surface area contributed by atoms with Gasteiger partial charge in [-0.25, -0.2) is 15.0 Å². The second-order valence-electron chi connectivity index (χ2n) is 10.2. The molecular weight excluding hydrogens is 536 g/mol. The predicted molar refractivity (Wildman–Crippen MR) is 171 cm³/mol. The first-order valence-corrected chi connectivity index (χ1v) is 14.5. The van der Waals surface area contributed by atoms with Crippen LogP contribution in [0.15, 0.2) is 122 Å². The summed E-state index contributed by atoms with van der Waals surface area (Å²) in [7, 11) is 0. The Morgan fingerprint density at radius 3 is 2.05 bits per heavy atom. The molecule has 0 aliphatic carbocycles. The van der Waals surface area contributed by atoms with Crippen molar-refractivity contribution in [1.82, 2.24) is 29.5 Å². The van der Waals surface area contributed by atoms with Gasteiger partial charge in [0.2, 0.25) is 5.95 Å². The number of hydrogen-bond acceptors (Lipinski definition) is 6. The van der Waals surface area contributed by atoms with Gasteiger partial charge in [-0.1, -0.05) is 91.0 Å². The molecule has 0 aliphatic rings. The Morgan fingerprint density at radius 2 is 1.29 bits per heavy atom. The van der Waals surface area contributed by atoms with Gasteiger partial charge in [0, 0.05) is 49.0 Å². The lowest BCUT2D eigenvalue weighted by atomic mass is 10.1. The fourth-order valence-corrected chi connectivity index (χ4v) is 7.17. The number of para-hydroxylation sites is 1. The van der Waals surface area contributed by atoms with Gasteiger partial charge < -0.3 is 0 Å². The zero-order valence-corrected chi connectivity index (χ0v) is 23.0. The van der Waals surface area contributed by atoms with Crippen LogP contribution in [0.1, 0.15) is 0 Å². The highest BCUT2D eigenvalue weighted by Gasteiger charge is 2.21. The van der Waals surface area contributed by atoms with E-state index in [0.717, 1.165) is 54.6 Å². The molecule has 9 aromatic rings. The summed E-state index contributed by atoms with van der Waals surface area (Å²) in [6.45, 7) is 0. The van der Waals surface area contributed by atoms with Crippen LogP contribution in [0.2, 0.25) is 0 Å². The summed E-state index contributed by atoms with van der Waals surface area (Å²) in [5.41, 5.74) is 4.98. The molecule has 7 heteroatoms. The smallest absolute Gasteiger partial charge is 0.238 e. The standard InChI is InChI=1S/C35H20N6S/c1-3-9-21(10-4-1)33-38-34(22-11-5-2-6-12-22)40-35(39-33)41-27-14-8-7-13-24(27)25-16-17-26-29-28(42-32(26)31(25)41)18-15-23-19-36-20-37-30(23)29/h1-20H. The summed E-state index contributed by atoms with van der Waals surface area (Å²) in [5.74, 6) is 1.86. The van der Waals surface area contributed by atoms with Crippen LogP contribution in [0, 0.1) is 0 Å². The molecule has 0 atom stereocenters. The van der Waals surface area contributed by atoms with Crippen molar-refractivity contribution in [3.05, 3.63) is 122 Å². The highest BCUT2D eigenvalue weighted by Crippen LogP contribution is 2.44. The molecule has 4 aromatic heterocycles. The maximum atomic E-state index is 5.11. The van der Waals surface area contributed by atoms with Crippen LogP contribution in [0.25, 0.3) is 81.6 Å². The van der Waals surface area contributed by atoms with Crippen molar-refractivity contribution in [1.29, 1.82) is 0 Å². The van der Waals surface area contributed by atoms with Gasteiger partial charge in [-0.3, -0.25) is 4.57 Å². The molecule has 6 nitrogen and oxygen atoms in total. The van der Waals surface area contributed by atoms with E-state index in [1.54, 1.807) is 17.7 Å². The Hall–Kier alpha value is -5.53. The minimum absolute atomic E-state index is 0.589. The fourth-order valence-electron chi connectivity index (χ4n) is 5.92. The van der Waals surface area contributed by atoms with Crippen LogP contribution in [0.5, 0.6) is 0 Å². The van der Waals surface area contributed by atoms with Crippen molar-refractivity contribution < 1.29 is 0 Å². The van der Waals surface area contributed by atoms with Crippen molar-refractivity contribution in [2.24, 2.45) is 0 Å². The molecule has 5 aromatic carbocycles. The highest BCUT2D eigenvalue weighted by atomic mass is 32.1. The zero-order valence-electron chi connectivity index (χ0n) is 22.1. The lowest BCUT2D eigenvalue weighted by Gasteiger charge is -2.11. The van der Waals surface area contributed by atoms with Gasteiger partial charge in [-0.05, 0) is 18.2 Å². The molecule has 0 N–H and O–H groups in total. The summed E-state index contributed by atoms with van der Waals surface area (Å²) >= 11 is 1.78. The fraction of sp³-hybridized carbons (Fsp3) is 0. The van der Waals surface area contributed by atoms with Gasteiger partial charge in [0.25, 0.3) is 0 Å². The largest absolute Gasteiger partial charge is 0.276 e. The minimum atomic E-state index is 0.589. The zero-order chi connectivity index (χ0) is 27.6. The molecule has 9 rings (SSSR count). The average molecular weight is 557 g/mol. The summed E-state index contributed by atoms with van der Waals surface area (Å²) in [4.78, 5) is 24.1. The third-order valence-electron chi connectivity index (χ3n) is 7.80. The summed E-state index contributed by atoms with van der Waals surface area (Å²) < 4.78 is 4.57. The van der Waals surface area contributed by atoms with Crippen molar-refractivity contribution in [2.75, 3.05) is 0 Å². The third-order valence-corrected chi connectivity index (χ3v) is 8.97. The lowest BCUT2D eigenvalue weighted by Crippen LogP contribution is -2.06. The number of thiophene rings is 1. The number of aromatic nitrogens is 6. The number of benzene rings is 5. The van der Waals surface area contributed by atoms with Crippen molar-refractivity contribution in [3.63, 3.8) is 0 Å². The monoisotopic (exact) mass is 556 g/mol. The van der Waals surface area contributed by atoms with Crippen LogP contribution >= 0.6 is 11.3 Å². The molecule has 0 saturated heterocycles. The third kappa shape index (κ3) is 3.41. The Labute approximate surface area is 243 Å². The molecule has 0 unspecified atom stereocenters. The van der Waals surface area contributed by atoms with Gasteiger partial charge >= 0.3 is 0 Å². The van der Waals surface area contributed by atoms with Gasteiger partial charge in [0.05, 0.1) is 21.3 Å². The van der Waals surface area contributed by atoms with E-state index >= 15 is 0 Å². The first-order chi connectivity index (χ1) is 20.8. The maximum Gasteiger partial charge on any atom is 0.238 e. The normalized spacial score (nSPS) is 11.8.